The predicted octanol–water partition coefficient (Wildman–Crippen LogP) is 1.68. The third-order valence-electron chi connectivity index (χ3n) is 2.05. The van der Waals surface area contributed by atoms with Crippen LogP contribution in [0.4, 0.5) is 10.5 Å². The molecule has 0 spiro atoms. The second-order valence-corrected chi connectivity index (χ2v) is 3.48. The number of amides is 2. The Bertz CT molecular complexity index is 403. The van der Waals surface area contributed by atoms with E-state index in [9.17, 15) is 9.59 Å². The summed E-state index contributed by atoms with van der Waals surface area (Å²) in [7, 11) is 0. The van der Waals surface area contributed by atoms with Gasteiger partial charge in [-0.15, -0.1) is 0 Å². The van der Waals surface area contributed by atoms with Crippen molar-refractivity contribution in [2.75, 3.05) is 18.5 Å². The smallest absolute Gasteiger partial charge is 0.319 e. The van der Waals surface area contributed by atoms with Crippen LogP contribution in [0.2, 0.25) is 0 Å². The molecule has 1 aromatic carbocycles. The first-order valence-corrected chi connectivity index (χ1v) is 5.61. The van der Waals surface area contributed by atoms with E-state index < -0.39 is 12.0 Å². The lowest BCUT2D eigenvalue weighted by molar-refractivity contribution is -0.136. The third-order valence-corrected chi connectivity index (χ3v) is 2.05. The molecule has 0 saturated carbocycles. The van der Waals surface area contributed by atoms with Crippen LogP contribution in [0.3, 0.4) is 0 Å². The normalized spacial score (nSPS) is 9.61. The van der Waals surface area contributed by atoms with Crippen molar-refractivity contribution in [3.8, 4) is 5.75 Å². The Morgan fingerprint density at radius 1 is 1.28 bits per heavy atom. The average molecular weight is 252 g/mol. The number of benzene rings is 1. The minimum Gasteiger partial charge on any atom is -0.494 e. The number of nitrogens with one attached hydrogen (secondary N) is 2. The summed E-state index contributed by atoms with van der Waals surface area (Å²) >= 11 is 0. The van der Waals surface area contributed by atoms with E-state index in [0.29, 0.717) is 12.3 Å². The first kappa shape index (κ1) is 13.8. The molecule has 1 aromatic rings. The monoisotopic (exact) mass is 252 g/mol. The molecule has 0 saturated heterocycles. The van der Waals surface area contributed by atoms with E-state index in [4.69, 9.17) is 9.84 Å². The Morgan fingerprint density at radius 3 is 2.50 bits per heavy atom. The fraction of sp³-hybridized carbons (Fsp3) is 0.333. The Hall–Kier alpha value is -2.24. The summed E-state index contributed by atoms with van der Waals surface area (Å²) in [6.45, 7) is 2.57. The standard InChI is InChI=1S/C12H16N2O4/c1-2-18-10-5-3-9(4-6-10)14-12(17)13-8-7-11(15)16/h3-6H,2,7-8H2,1H3,(H,15,16)(H2,13,14,17). The summed E-state index contributed by atoms with van der Waals surface area (Å²) in [6, 6.07) is 6.48. The Morgan fingerprint density at radius 2 is 1.94 bits per heavy atom. The predicted molar refractivity (Wildman–Crippen MR) is 66.9 cm³/mol. The summed E-state index contributed by atoms with van der Waals surface area (Å²) in [4.78, 5) is 21.6. The van der Waals surface area contributed by atoms with Gasteiger partial charge in [-0.05, 0) is 31.2 Å². The Kier molecular flexibility index (Phi) is 5.50. The summed E-state index contributed by atoms with van der Waals surface area (Å²) < 4.78 is 5.26. The van der Waals surface area contributed by atoms with Gasteiger partial charge in [0.15, 0.2) is 0 Å². The van der Waals surface area contributed by atoms with Gasteiger partial charge in [-0.3, -0.25) is 4.79 Å². The van der Waals surface area contributed by atoms with Crippen LogP contribution in [0.5, 0.6) is 5.75 Å². The largest absolute Gasteiger partial charge is 0.494 e. The Labute approximate surface area is 105 Å². The number of hydrogen-bond donors (Lipinski definition) is 3. The SMILES string of the molecule is CCOc1ccc(NC(=O)NCCC(=O)O)cc1. The topological polar surface area (TPSA) is 87.7 Å². The summed E-state index contributed by atoms with van der Waals surface area (Å²) in [6.07, 6.45) is -0.100. The van der Waals surface area contributed by atoms with Gasteiger partial charge in [0, 0.05) is 12.2 Å². The summed E-state index contributed by atoms with van der Waals surface area (Å²) in [5, 5.41) is 13.4. The quantitative estimate of drug-likeness (QED) is 0.718. The lowest BCUT2D eigenvalue weighted by Gasteiger charge is -2.07. The highest BCUT2D eigenvalue weighted by atomic mass is 16.5. The van der Waals surface area contributed by atoms with Gasteiger partial charge in [0.25, 0.3) is 0 Å². The molecule has 3 N–H and O–H groups in total. The fourth-order valence-electron chi connectivity index (χ4n) is 1.26. The zero-order valence-corrected chi connectivity index (χ0v) is 10.1. The molecule has 0 fully saturated rings. The van der Waals surface area contributed by atoms with Gasteiger partial charge in [-0.25, -0.2) is 4.79 Å². The van der Waals surface area contributed by atoms with E-state index in [-0.39, 0.29) is 13.0 Å². The molecule has 0 unspecified atom stereocenters. The third kappa shape index (κ3) is 5.20. The molecular formula is C12H16N2O4. The number of rotatable bonds is 6. The number of carbonyl (C=O) groups excluding carboxylic acids is 1. The molecule has 6 nitrogen and oxygen atoms in total. The number of ether oxygens (including phenoxy) is 1. The van der Waals surface area contributed by atoms with Crippen LogP contribution in [0.25, 0.3) is 0 Å². The van der Waals surface area contributed by atoms with Crippen molar-refractivity contribution in [2.45, 2.75) is 13.3 Å². The fourth-order valence-corrected chi connectivity index (χ4v) is 1.26. The van der Waals surface area contributed by atoms with Crippen LogP contribution in [0.1, 0.15) is 13.3 Å². The van der Waals surface area contributed by atoms with Crippen molar-refractivity contribution in [1.29, 1.82) is 0 Å². The zero-order chi connectivity index (χ0) is 13.4. The molecule has 18 heavy (non-hydrogen) atoms. The highest BCUT2D eigenvalue weighted by Crippen LogP contribution is 2.15. The van der Waals surface area contributed by atoms with Gasteiger partial charge in [0.1, 0.15) is 5.75 Å². The zero-order valence-electron chi connectivity index (χ0n) is 10.1. The second-order valence-electron chi connectivity index (χ2n) is 3.48. The average Bonchev–Trinajstić information content (AvgIpc) is 2.31. The van der Waals surface area contributed by atoms with Gasteiger partial charge >= 0.3 is 12.0 Å². The molecule has 0 heterocycles. The highest BCUT2D eigenvalue weighted by molar-refractivity contribution is 5.89. The minimum atomic E-state index is -0.948. The number of carbonyl (C=O) groups is 2. The van der Waals surface area contributed by atoms with Crippen molar-refractivity contribution in [1.82, 2.24) is 5.32 Å². The summed E-state index contributed by atoms with van der Waals surface area (Å²) in [5.41, 5.74) is 0.617. The van der Waals surface area contributed by atoms with Crippen molar-refractivity contribution < 1.29 is 19.4 Å². The van der Waals surface area contributed by atoms with E-state index in [2.05, 4.69) is 10.6 Å². The van der Waals surface area contributed by atoms with E-state index in [0.717, 1.165) is 5.75 Å². The number of anilines is 1. The first-order valence-electron chi connectivity index (χ1n) is 5.61. The number of carboxylic acids is 1. The maximum absolute atomic E-state index is 11.4. The van der Waals surface area contributed by atoms with Crippen LogP contribution >= 0.6 is 0 Å². The van der Waals surface area contributed by atoms with Gasteiger partial charge in [-0.1, -0.05) is 0 Å². The molecule has 0 aliphatic heterocycles. The van der Waals surface area contributed by atoms with Crippen molar-refractivity contribution in [3.05, 3.63) is 24.3 Å². The maximum Gasteiger partial charge on any atom is 0.319 e. The number of urea groups is 1. The maximum atomic E-state index is 11.4. The lowest BCUT2D eigenvalue weighted by atomic mass is 10.3. The van der Waals surface area contributed by atoms with Gasteiger partial charge in [0.2, 0.25) is 0 Å². The van der Waals surface area contributed by atoms with Crippen LogP contribution in [-0.2, 0) is 4.79 Å². The highest BCUT2D eigenvalue weighted by Gasteiger charge is 2.03. The molecule has 98 valence electrons. The molecule has 6 heteroatoms. The Balaban J connectivity index is 2.37. The number of hydrogen-bond acceptors (Lipinski definition) is 3. The van der Waals surface area contributed by atoms with Crippen LogP contribution < -0.4 is 15.4 Å². The van der Waals surface area contributed by atoms with E-state index >= 15 is 0 Å². The lowest BCUT2D eigenvalue weighted by Crippen LogP contribution is -2.30. The van der Waals surface area contributed by atoms with Gasteiger partial charge in [0.05, 0.1) is 13.0 Å². The molecule has 0 bridgehead atoms. The van der Waals surface area contributed by atoms with Crippen LogP contribution in [0, 0.1) is 0 Å². The van der Waals surface area contributed by atoms with Crippen molar-refractivity contribution in [3.63, 3.8) is 0 Å². The van der Waals surface area contributed by atoms with Crippen LogP contribution in [-0.4, -0.2) is 30.3 Å². The molecule has 1 rings (SSSR count). The number of carboxylic acid groups (broad SMARTS) is 1. The van der Waals surface area contributed by atoms with Gasteiger partial charge < -0.3 is 20.5 Å². The molecule has 0 aliphatic carbocycles. The number of aliphatic carboxylic acids is 1. The van der Waals surface area contributed by atoms with E-state index in [1.807, 2.05) is 6.92 Å². The molecule has 0 aliphatic rings. The van der Waals surface area contributed by atoms with Crippen molar-refractivity contribution >= 4 is 17.7 Å². The molecule has 0 atom stereocenters. The second kappa shape index (κ2) is 7.16. The molecule has 2 amide bonds. The summed E-state index contributed by atoms with van der Waals surface area (Å²) in [5.74, 6) is -0.217. The molecule has 0 radical (unpaired) electrons. The van der Waals surface area contributed by atoms with Crippen molar-refractivity contribution in [2.24, 2.45) is 0 Å². The van der Waals surface area contributed by atoms with E-state index in [1.165, 1.54) is 0 Å². The van der Waals surface area contributed by atoms with Gasteiger partial charge in [-0.2, -0.15) is 0 Å². The van der Waals surface area contributed by atoms with Crippen LogP contribution in [0.15, 0.2) is 24.3 Å². The molecule has 0 aromatic heterocycles. The molecular weight excluding hydrogens is 236 g/mol. The minimum absolute atomic E-state index is 0.0954. The van der Waals surface area contributed by atoms with E-state index in [1.54, 1.807) is 24.3 Å². The first-order chi connectivity index (χ1) is 8.61.